The molecule has 2 heterocycles. The Morgan fingerprint density at radius 1 is 1.08 bits per heavy atom. The average molecular weight is 522 g/mol. The zero-order chi connectivity index (χ0) is 26.5. The molecule has 1 amide bonds. The molecule has 7 heteroatoms. The van der Waals surface area contributed by atoms with E-state index in [2.05, 4.69) is 48.0 Å². The summed E-state index contributed by atoms with van der Waals surface area (Å²) in [6, 6.07) is 14.7. The van der Waals surface area contributed by atoms with E-state index in [4.69, 9.17) is 9.47 Å². The molecule has 2 aliphatic heterocycles. The third-order valence-corrected chi connectivity index (χ3v) is 8.35. The van der Waals surface area contributed by atoms with Gasteiger partial charge in [-0.05, 0) is 75.4 Å². The van der Waals surface area contributed by atoms with Crippen LogP contribution in [0.1, 0.15) is 60.5 Å². The van der Waals surface area contributed by atoms with Gasteiger partial charge in [-0.1, -0.05) is 31.2 Å². The van der Waals surface area contributed by atoms with E-state index in [9.17, 15) is 9.90 Å². The number of aliphatic hydroxyl groups excluding tert-OH is 1. The van der Waals surface area contributed by atoms with Crippen molar-refractivity contribution in [3.63, 3.8) is 0 Å². The van der Waals surface area contributed by atoms with Crippen molar-refractivity contribution in [2.24, 2.45) is 0 Å². The van der Waals surface area contributed by atoms with Gasteiger partial charge in [-0.3, -0.25) is 9.69 Å². The van der Waals surface area contributed by atoms with Crippen LogP contribution in [0.2, 0.25) is 0 Å². The Morgan fingerprint density at radius 2 is 1.87 bits per heavy atom. The topological polar surface area (TPSA) is 65.5 Å². The summed E-state index contributed by atoms with van der Waals surface area (Å²) in [5, 5.41) is 10.9. The molecule has 2 aromatic carbocycles. The van der Waals surface area contributed by atoms with Crippen molar-refractivity contribution in [3.05, 3.63) is 59.2 Å². The molecular formula is C31H43N3O4. The molecular weight excluding hydrogens is 478 g/mol. The minimum Gasteiger partial charge on any atom is -0.491 e. The third-order valence-electron chi connectivity index (χ3n) is 8.35. The maximum absolute atomic E-state index is 13.4. The van der Waals surface area contributed by atoms with E-state index >= 15 is 0 Å². The Bertz CT molecular complexity index is 1080. The second-order valence-corrected chi connectivity index (χ2v) is 11.2. The fourth-order valence-electron chi connectivity index (χ4n) is 6.24. The molecule has 0 radical (unpaired) electrons. The molecule has 5 rings (SSSR count). The molecule has 3 aliphatic rings. The molecule has 0 aromatic heterocycles. The molecule has 206 valence electrons. The van der Waals surface area contributed by atoms with Gasteiger partial charge in [-0.15, -0.1) is 0 Å². The van der Waals surface area contributed by atoms with Crippen molar-refractivity contribution in [3.8, 4) is 11.5 Å². The minimum atomic E-state index is -0.611. The summed E-state index contributed by atoms with van der Waals surface area (Å²) < 4.78 is 12.3. The van der Waals surface area contributed by atoms with E-state index in [1.807, 2.05) is 18.2 Å². The van der Waals surface area contributed by atoms with E-state index < -0.39 is 6.10 Å². The zero-order valence-corrected chi connectivity index (χ0v) is 23.0. The van der Waals surface area contributed by atoms with Crippen molar-refractivity contribution in [2.75, 3.05) is 46.4 Å². The first kappa shape index (κ1) is 27.0. The molecule has 0 bridgehead atoms. The van der Waals surface area contributed by atoms with Crippen LogP contribution >= 0.6 is 0 Å². The molecule has 1 fully saturated rings. The van der Waals surface area contributed by atoms with Crippen LogP contribution in [0.25, 0.3) is 0 Å². The van der Waals surface area contributed by atoms with Crippen LogP contribution in [0.5, 0.6) is 11.5 Å². The van der Waals surface area contributed by atoms with Crippen LogP contribution in [-0.4, -0.2) is 90.3 Å². The van der Waals surface area contributed by atoms with Crippen LogP contribution in [0.3, 0.4) is 0 Å². The van der Waals surface area contributed by atoms with E-state index in [1.54, 1.807) is 4.90 Å². The first-order valence-electron chi connectivity index (χ1n) is 14.4. The Morgan fingerprint density at radius 3 is 2.66 bits per heavy atom. The predicted molar refractivity (Wildman–Crippen MR) is 149 cm³/mol. The van der Waals surface area contributed by atoms with Crippen LogP contribution in [0.4, 0.5) is 0 Å². The molecule has 1 N–H and O–H groups in total. The fraction of sp³-hybridized carbons (Fsp3) is 0.581. The SMILES string of the molecule is CCCN(C)C1CCC(Oc2ccc3c(c2)OCCN(CC(O)CN2CCc4ccccc4C2)C3=O)CC1. The van der Waals surface area contributed by atoms with Crippen molar-refractivity contribution in [2.45, 2.75) is 70.2 Å². The highest BCUT2D eigenvalue weighted by Gasteiger charge is 2.28. The van der Waals surface area contributed by atoms with Gasteiger partial charge in [0.25, 0.3) is 5.91 Å². The summed E-state index contributed by atoms with van der Waals surface area (Å²) in [5.74, 6) is 1.25. The van der Waals surface area contributed by atoms with Gasteiger partial charge in [-0.2, -0.15) is 0 Å². The van der Waals surface area contributed by atoms with Crippen LogP contribution < -0.4 is 9.47 Å². The van der Waals surface area contributed by atoms with Crippen LogP contribution in [0, 0.1) is 0 Å². The number of nitrogens with zero attached hydrogens (tertiary/aromatic N) is 3. The highest BCUT2D eigenvalue weighted by Crippen LogP contribution is 2.31. The van der Waals surface area contributed by atoms with Crippen molar-refractivity contribution >= 4 is 5.91 Å². The van der Waals surface area contributed by atoms with Gasteiger partial charge in [0.05, 0.1) is 24.3 Å². The first-order valence-corrected chi connectivity index (χ1v) is 14.4. The summed E-state index contributed by atoms with van der Waals surface area (Å²) in [4.78, 5) is 19.8. The molecule has 0 spiro atoms. The van der Waals surface area contributed by atoms with Crippen LogP contribution in [-0.2, 0) is 13.0 Å². The molecule has 1 unspecified atom stereocenters. The number of aliphatic hydroxyl groups is 1. The van der Waals surface area contributed by atoms with Crippen molar-refractivity contribution < 1.29 is 19.4 Å². The normalized spacial score (nSPS) is 22.8. The van der Waals surface area contributed by atoms with Crippen molar-refractivity contribution in [1.82, 2.24) is 14.7 Å². The third kappa shape index (κ3) is 6.50. The maximum Gasteiger partial charge on any atom is 0.257 e. The smallest absolute Gasteiger partial charge is 0.257 e. The number of carbonyl (C=O) groups is 1. The number of rotatable bonds is 9. The lowest BCUT2D eigenvalue weighted by atomic mass is 9.92. The van der Waals surface area contributed by atoms with Crippen molar-refractivity contribution in [1.29, 1.82) is 0 Å². The lowest BCUT2D eigenvalue weighted by Gasteiger charge is -2.34. The second kappa shape index (κ2) is 12.5. The molecule has 0 saturated heterocycles. The van der Waals surface area contributed by atoms with Gasteiger partial charge in [0, 0.05) is 38.3 Å². The largest absolute Gasteiger partial charge is 0.491 e. The summed E-state index contributed by atoms with van der Waals surface area (Å²) >= 11 is 0. The Hall–Kier alpha value is -2.61. The van der Waals surface area contributed by atoms with Crippen LogP contribution in [0.15, 0.2) is 42.5 Å². The van der Waals surface area contributed by atoms with Gasteiger partial charge in [0.2, 0.25) is 0 Å². The average Bonchev–Trinajstić information content (AvgIpc) is 3.07. The predicted octanol–water partition coefficient (Wildman–Crippen LogP) is 3.97. The zero-order valence-electron chi connectivity index (χ0n) is 23.0. The van der Waals surface area contributed by atoms with Gasteiger partial charge < -0.3 is 24.4 Å². The number of amides is 1. The molecule has 2 aromatic rings. The quantitative estimate of drug-likeness (QED) is 0.539. The lowest BCUT2D eigenvalue weighted by Crippen LogP contribution is -2.44. The highest BCUT2D eigenvalue weighted by atomic mass is 16.5. The van der Waals surface area contributed by atoms with E-state index in [-0.39, 0.29) is 12.0 Å². The van der Waals surface area contributed by atoms with Gasteiger partial charge in [0.15, 0.2) is 0 Å². The molecule has 1 atom stereocenters. The molecule has 1 aliphatic carbocycles. The lowest BCUT2D eigenvalue weighted by molar-refractivity contribution is 0.0501. The number of carbonyl (C=O) groups excluding carboxylic acids is 1. The molecule has 38 heavy (non-hydrogen) atoms. The number of hydrogen-bond acceptors (Lipinski definition) is 6. The number of hydrogen-bond donors (Lipinski definition) is 1. The highest BCUT2D eigenvalue weighted by molar-refractivity contribution is 5.97. The number of benzene rings is 2. The first-order chi connectivity index (χ1) is 18.5. The number of fused-ring (bicyclic) bond motifs is 2. The summed E-state index contributed by atoms with van der Waals surface area (Å²) in [6.45, 7) is 6.85. The monoisotopic (exact) mass is 521 g/mol. The molecule has 7 nitrogen and oxygen atoms in total. The second-order valence-electron chi connectivity index (χ2n) is 11.2. The van der Waals surface area contributed by atoms with Gasteiger partial charge >= 0.3 is 0 Å². The van der Waals surface area contributed by atoms with E-state index in [0.29, 0.717) is 43.6 Å². The number of ether oxygens (including phenoxy) is 2. The number of β-amino-alcohol motifs (C(OH)–C–C–N with tert-alkyl or cyclic N) is 1. The van der Waals surface area contributed by atoms with E-state index in [0.717, 1.165) is 57.5 Å². The minimum absolute atomic E-state index is 0.0911. The Balaban J connectivity index is 1.14. The molecule has 1 saturated carbocycles. The summed E-state index contributed by atoms with van der Waals surface area (Å²) in [7, 11) is 2.23. The Labute approximate surface area is 227 Å². The standard InChI is InChI=1S/C31H43N3O4/c1-3-15-32(2)25-8-10-27(11-9-25)38-28-12-13-29-30(19-28)37-18-17-34(31(29)36)22-26(35)21-33-16-14-23-6-4-5-7-24(23)20-33/h4-7,12-13,19,25-27,35H,3,8-11,14-18,20-22H2,1-2H3. The fourth-order valence-corrected chi connectivity index (χ4v) is 6.24. The summed E-state index contributed by atoms with van der Waals surface area (Å²) in [5.41, 5.74) is 3.26. The maximum atomic E-state index is 13.4. The summed E-state index contributed by atoms with van der Waals surface area (Å²) in [6.07, 6.45) is 6.17. The van der Waals surface area contributed by atoms with E-state index in [1.165, 1.54) is 17.5 Å². The van der Waals surface area contributed by atoms with Gasteiger partial charge in [0.1, 0.15) is 18.1 Å². The Kier molecular flexibility index (Phi) is 8.87. The van der Waals surface area contributed by atoms with Gasteiger partial charge in [-0.25, -0.2) is 0 Å².